The standard InChI is InChI=1S/C10H17N2O14P3S/c1-4-2-12(10(30)11-8(4)15)9-7(14)6(13)5(24-9)3-23-28(19,20)26-29(21,22)25-27(16,17)18/h2,5-7,9,13-14H,3H2,1H3,(H,19,20)(H,21,22)(H,11,15,30)(H2,16,17,18)/t5-,6?,7+,9-/m0/s1. The maximum atomic E-state index is 11.7. The number of aryl methyl sites for hydroxylation is 1. The quantitative estimate of drug-likeness (QED) is 0.165. The minimum absolute atomic E-state index is 0.157. The third-order valence-electron chi connectivity index (χ3n) is 3.58. The molecule has 0 spiro atoms. The Morgan fingerprint density at radius 3 is 2.30 bits per heavy atom. The van der Waals surface area contributed by atoms with Gasteiger partial charge in [-0.25, -0.2) is 13.7 Å². The van der Waals surface area contributed by atoms with Gasteiger partial charge in [0.1, 0.15) is 18.3 Å². The van der Waals surface area contributed by atoms with Crippen molar-refractivity contribution in [3.8, 4) is 0 Å². The maximum Gasteiger partial charge on any atom is 0.490 e. The summed E-state index contributed by atoms with van der Waals surface area (Å²) in [6, 6.07) is 0. The number of nitrogens with zero attached hydrogens (tertiary/aromatic N) is 1. The highest BCUT2D eigenvalue weighted by atomic mass is 32.1. The molecule has 16 nitrogen and oxygen atoms in total. The molecule has 0 radical (unpaired) electrons. The van der Waals surface area contributed by atoms with E-state index in [0.29, 0.717) is 0 Å². The molecule has 0 amide bonds. The predicted octanol–water partition coefficient (Wildman–Crippen LogP) is -0.823. The van der Waals surface area contributed by atoms with Crippen LogP contribution in [0.4, 0.5) is 0 Å². The Balaban J connectivity index is 2.09. The highest BCUT2D eigenvalue weighted by molar-refractivity contribution is 7.71. The van der Waals surface area contributed by atoms with Gasteiger partial charge < -0.3 is 34.5 Å². The highest BCUT2D eigenvalue weighted by Crippen LogP contribution is 2.66. The zero-order chi connectivity index (χ0) is 23.1. The van der Waals surface area contributed by atoms with Gasteiger partial charge in [-0.3, -0.25) is 18.9 Å². The Hall–Kier alpha value is -0.610. The van der Waals surface area contributed by atoms with E-state index in [0.717, 1.165) is 4.57 Å². The zero-order valence-electron chi connectivity index (χ0n) is 14.7. The molecular formula is C10H17N2O14P3S. The van der Waals surface area contributed by atoms with Crippen LogP contribution in [-0.4, -0.2) is 64.3 Å². The molecule has 1 aliphatic heterocycles. The van der Waals surface area contributed by atoms with Crippen LogP contribution in [0.3, 0.4) is 0 Å². The van der Waals surface area contributed by atoms with Crippen LogP contribution >= 0.6 is 35.7 Å². The lowest BCUT2D eigenvalue weighted by Gasteiger charge is -2.19. The van der Waals surface area contributed by atoms with Crippen molar-refractivity contribution >= 4 is 35.7 Å². The number of nitrogens with one attached hydrogen (secondary N) is 1. The first-order valence-corrected chi connectivity index (χ1v) is 12.6. The van der Waals surface area contributed by atoms with Gasteiger partial charge in [0.25, 0.3) is 5.56 Å². The highest BCUT2D eigenvalue weighted by Gasteiger charge is 2.46. The van der Waals surface area contributed by atoms with Gasteiger partial charge in [0.05, 0.1) is 6.61 Å². The molecule has 3 unspecified atom stereocenters. The number of aliphatic hydroxyl groups is 2. The average molecular weight is 514 g/mol. The number of hydrogen-bond acceptors (Lipinski definition) is 11. The van der Waals surface area contributed by atoms with Gasteiger partial charge in [0, 0.05) is 11.8 Å². The van der Waals surface area contributed by atoms with Crippen LogP contribution < -0.4 is 5.56 Å². The molecule has 2 heterocycles. The molecule has 6 atom stereocenters. The number of aromatic nitrogens is 2. The van der Waals surface area contributed by atoms with Crippen molar-refractivity contribution in [2.75, 3.05) is 6.61 Å². The van der Waals surface area contributed by atoms with E-state index in [1.807, 2.05) is 0 Å². The van der Waals surface area contributed by atoms with Crippen LogP contribution in [0.2, 0.25) is 0 Å². The van der Waals surface area contributed by atoms with E-state index in [4.69, 9.17) is 31.6 Å². The van der Waals surface area contributed by atoms with E-state index in [1.165, 1.54) is 13.1 Å². The summed E-state index contributed by atoms with van der Waals surface area (Å²) < 4.78 is 51.3. The summed E-state index contributed by atoms with van der Waals surface area (Å²) in [6.45, 7) is 0.461. The number of ether oxygens (including phenoxy) is 1. The first-order valence-electron chi connectivity index (χ1n) is 7.63. The van der Waals surface area contributed by atoms with Crippen molar-refractivity contribution in [3.05, 3.63) is 26.9 Å². The van der Waals surface area contributed by atoms with Crippen molar-refractivity contribution in [3.63, 3.8) is 0 Å². The number of phosphoric acid groups is 3. The summed E-state index contributed by atoms with van der Waals surface area (Å²) in [5.74, 6) is 0. The average Bonchev–Trinajstić information content (AvgIpc) is 2.81. The first-order chi connectivity index (χ1) is 13.5. The summed E-state index contributed by atoms with van der Waals surface area (Å²) >= 11 is 4.96. The molecule has 30 heavy (non-hydrogen) atoms. The van der Waals surface area contributed by atoms with E-state index in [1.54, 1.807) is 0 Å². The number of phosphoric ester groups is 1. The van der Waals surface area contributed by atoms with Gasteiger partial charge in [-0.2, -0.15) is 8.62 Å². The van der Waals surface area contributed by atoms with E-state index in [2.05, 4.69) is 18.1 Å². The zero-order valence-corrected chi connectivity index (χ0v) is 18.2. The fourth-order valence-corrected chi connectivity index (χ4v) is 5.62. The minimum atomic E-state index is -5.71. The van der Waals surface area contributed by atoms with Crippen LogP contribution in [-0.2, 0) is 31.6 Å². The third kappa shape index (κ3) is 6.69. The van der Waals surface area contributed by atoms with Crippen molar-refractivity contribution in [1.29, 1.82) is 0 Å². The van der Waals surface area contributed by atoms with Crippen LogP contribution in [0.25, 0.3) is 0 Å². The topological polar surface area (TPSA) is 247 Å². The van der Waals surface area contributed by atoms with E-state index < -0.39 is 60.2 Å². The van der Waals surface area contributed by atoms with Gasteiger partial charge in [0.2, 0.25) is 0 Å². The second-order valence-corrected chi connectivity index (χ2v) is 10.7. The van der Waals surface area contributed by atoms with E-state index in [-0.39, 0.29) is 10.3 Å². The number of rotatable bonds is 8. The van der Waals surface area contributed by atoms with Crippen LogP contribution in [0.5, 0.6) is 0 Å². The molecule has 0 aromatic carbocycles. The summed E-state index contributed by atoms with van der Waals surface area (Å²) in [4.78, 5) is 49.3. The Labute approximate surface area is 172 Å². The number of hydrogen-bond donors (Lipinski definition) is 7. The molecule has 1 saturated heterocycles. The first kappa shape index (κ1) is 25.6. The molecule has 1 aromatic rings. The van der Waals surface area contributed by atoms with Crippen molar-refractivity contribution in [2.24, 2.45) is 0 Å². The van der Waals surface area contributed by atoms with Crippen LogP contribution in [0, 0.1) is 11.7 Å². The van der Waals surface area contributed by atoms with Crippen LogP contribution in [0.1, 0.15) is 11.8 Å². The molecule has 1 fully saturated rings. The Kier molecular flexibility index (Phi) is 7.78. The molecule has 1 aliphatic rings. The fraction of sp³-hybridized carbons (Fsp3) is 0.600. The maximum absolute atomic E-state index is 11.7. The largest absolute Gasteiger partial charge is 0.490 e. The lowest BCUT2D eigenvalue weighted by atomic mass is 10.1. The monoisotopic (exact) mass is 514 g/mol. The second-order valence-electron chi connectivity index (χ2n) is 5.91. The van der Waals surface area contributed by atoms with E-state index >= 15 is 0 Å². The van der Waals surface area contributed by atoms with Crippen molar-refractivity contribution in [2.45, 2.75) is 31.5 Å². The Morgan fingerprint density at radius 1 is 1.13 bits per heavy atom. The molecule has 7 N–H and O–H groups in total. The normalized spacial score (nSPS) is 28.8. The number of H-pyrrole nitrogens is 1. The summed E-state index contributed by atoms with van der Waals surface area (Å²) in [5.41, 5.74) is -0.293. The number of aliphatic hydroxyl groups excluding tert-OH is 2. The lowest BCUT2D eigenvalue weighted by Crippen LogP contribution is -2.34. The molecule has 0 aliphatic carbocycles. The summed E-state index contributed by atoms with van der Waals surface area (Å²) in [6.07, 6.45) is -4.90. The van der Waals surface area contributed by atoms with Gasteiger partial charge in [-0.1, -0.05) is 0 Å². The van der Waals surface area contributed by atoms with Crippen molar-refractivity contribution < 1.29 is 61.4 Å². The molecule has 2 rings (SSSR count). The molecule has 0 saturated carbocycles. The predicted molar refractivity (Wildman–Crippen MR) is 96.4 cm³/mol. The molecule has 0 bridgehead atoms. The fourth-order valence-electron chi connectivity index (χ4n) is 2.34. The molecule has 172 valence electrons. The van der Waals surface area contributed by atoms with Gasteiger partial charge >= 0.3 is 23.5 Å². The minimum Gasteiger partial charge on any atom is -0.387 e. The van der Waals surface area contributed by atoms with E-state index in [9.17, 15) is 33.6 Å². The van der Waals surface area contributed by atoms with Crippen LogP contribution in [0.15, 0.2) is 11.0 Å². The lowest BCUT2D eigenvalue weighted by molar-refractivity contribution is -0.0534. The molecular weight excluding hydrogens is 497 g/mol. The number of aromatic amines is 1. The summed E-state index contributed by atoms with van der Waals surface area (Å²) in [5, 5.41) is 20.2. The van der Waals surface area contributed by atoms with Gasteiger partial charge in [0.15, 0.2) is 11.0 Å². The van der Waals surface area contributed by atoms with Gasteiger partial charge in [-0.05, 0) is 19.1 Å². The Bertz CT molecular complexity index is 1050. The smallest absolute Gasteiger partial charge is 0.387 e. The molecule has 20 heteroatoms. The third-order valence-corrected chi connectivity index (χ3v) is 7.69. The summed E-state index contributed by atoms with van der Waals surface area (Å²) in [7, 11) is -16.7. The van der Waals surface area contributed by atoms with Crippen molar-refractivity contribution in [1.82, 2.24) is 9.55 Å². The SMILES string of the molecule is Cc1cn([C@H]2O[C@@H](COP(=O)(O)OP(=O)(O)OP(=O)(O)O)C(O)[C@H]2O)c(=S)[nH]c1=O. The Morgan fingerprint density at radius 2 is 1.73 bits per heavy atom. The second kappa shape index (κ2) is 9.10. The molecule has 1 aromatic heterocycles. The van der Waals surface area contributed by atoms with Gasteiger partial charge in [-0.15, -0.1) is 0 Å².